The van der Waals surface area contributed by atoms with Gasteiger partial charge in [0, 0.05) is 15.9 Å². The first kappa shape index (κ1) is 19.5. The summed E-state index contributed by atoms with van der Waals surface area (Å²) in [6.45, 7) is 0. The maximum Gasteiger partial charge on any atom is 0.335 e. The number of aromatic carboxylic acids is 1. The molecule has 1 saturated carbocycles. The molecule has 1 fully saturated rings. The predicted octanol–water partition coefficient (Wildman–Crippen LogP) is 6.73. The number of carbonyl (C=O) groups is 1. The fourth-order valence-corrected chi connectivity index (χ4v) is 5.32. The van der Waals surface area contributed by atoms with Crippen LogP contribution in [0.2, 0.25) is 5.02 Å². The van der Waals surface area contributed by atoms with E-state index >= 15 is 0 Å². The number of carboxylic acid groups (broad SMARTS) is 1. The maximum absolute atomic E-state index is 11.0. The van der Waals surface area contributed by atoms with Gasteiger partial charge in [-0.2, -0.15) is 0 Å². The normalized spacial score (nSPS) is 24.1. The van der Waals surface area contributed by atoms with Gasteiger partial charge >= 0.3 is 5.97 Å². The third-order valence-corrected chi connectivity index (χ3v) is 6.61. The van der Waals surface area contributed by atoms with Crippen LogP contribution in [0.4, 0.5) is 0 Å². The molecular formula is C23H22BrClO3. The van der Waals surface area contributed by atoms with Crippen molar-refractivity contribution in [2.75, 3.05) is 0 Å². The van der Waals surface area contributed by atoms with Crippen LogP contribution in [-0.2, 0) is 11.2 Å². The summed E-state index contributed by atoms with van der Waals surface area (Å²) in [6, 6.07) is 13.2. The van der Waals surface area contributed by atoms with Crippen LogP contribution in [0, 0.1) is 5.92 Å². The van der Waals surface area contributed by atoms with Crippen LogP contribution < -0.4 is 0 Å². The van der Waals surface area contributed by atoms with Crippen LogP contribution in [0.1, 0.15) is 53.6 Å². The van der Waals surface area contributed by atoms with Gasteiger partial charge in [-0.15, -0.1) is 0 Å². The number of halogens is 2. The van der Waals surface area contributed by atoms with E-state index in [0.29, 0.717) is 11.5 Å². The van der Waals surface area contributed by atoms with Crippen molar-refractivity contribution in [3.8, 4) is 0 Å². The molecule has 0 unspecified atom stereocenters. The summed E-state index contributed by atoms with van der Waals surface area (Å²) in [6.07, 6.45) is 8.21. The van der Waals surface area contributed by atoms with Crippen LogP contribution in [0.3, 0.4) is 0 Å². The molecule has 1 heterocycles. The van der Waals surface area contributed by atoms with Gasteiger partial charge in [-0.1, -0.05) is 39.7 Å². The second kappa shape index (κ2) is 7.92. The Balaban J connectivity index is 1.35. The number of hydrogen-bond acceptors (Lipinski definition) is 2. The van der Waals surface area contributed by atoms with E-state index in [1.54, 1.807) is 12.1 Å². The van der Waals surface area contributed by atoms with Gasteiger partial charge in [-0.25, -0.2) is 4.79 Å². The third-order valence-electron chi connectivity index (χ3n) is 5.93. The van der Waals surface area contributed by atoms with Gasteiger partial charge in [0.25, 0.3) is 0 Å². The molecule has 0 aromatic heterocycles. The zero-order valence-electron chi connectivity index (χ0n) is 15.5. The van der Waals surface area contributed by atoms with Crippen molar-refractivity contribution in [2.24, 2.45) is 5.92 Å². The predicted molar refractivity (Wildman–Crippen MR) is 115 cm³/mol. The molecule has 146 valence electrons. The van der Waals surface area contributed by atoms with Crippen molar-refractivity contribution >= 4 is 39.1 Å². The molecular weight excluding hydrogens is 440 g/mol. The van der Waals surface area contributed by atoms with Crippen LogP contribution in [-0.4, -0.2) is 16.7 Å². The largest absolute Gasteiger partial charge is 0.494 e. The summed E-state index contributed by atoms with van der Waals surface area (Å²) in [5.41, 5.74) is 3.71. The molecule has 0 atom stereocenters. The minimum atomic E-state index is -0.898. The van der Waals surface area contributed by atoms with E-state index in [1.807, 2.05) is 24.5 Å². The number of ether oxygens (including phenoxy) is 1. The number of benzene rings is 2. The van der Waals surface area contributed by atoms with Crippen molar-refractivity contribution in [2.45, 2.75) is 44.1 Å². The molecule has 0 saturated heterocycles. The van der Waals surface area contributed by atoms with E-state index in [1.165, 1.54) is 5.56 Å². The van der Waals surface area contributed by atoms with E-state index in [-0.39, 0.29) is 5.60 Å². The van der Waals surface area contributed by atoms with Gasteiger partial charge in [-0.3, -0.25) is 0 Å². The minimum Gasteiger partial charge on any atom is -0.494 e. The Labute approximate surface area is 178 Å². The molecule has 0 bridgehead atoms. The van der Waals surface area contributed by atoms with Gasteiger partial charge in [-0.05, 0) is 85.1 Å². The average molecular weight is 462 g/mol. The molecule has 4 rings (SSSR count). The first-order chi connectivity index (χ1) is 13.4. The molecule has 2 aliphatic rings. The van der Waals surface area contributed by atoms with Crippen LogP contribution in [0.5, 0.6) is 0 Å². The van der Waals surface area contributed by atoms with Gasteiger partial charge in [0.15, 0.2) is 0 Å². The Morgan fingerprint density at radius 2 is 1.89 bits per heavy atom. The van der Waals surface area contributed by atoms with Crippen molar-refractivity contribution in [3.05, 3.63) is 74.9 Å². The molecule has 5 heteroatoms. The van der Waals surface area contributed by atoms with Crippen LogP contribution in [0.25, 0.3) is 5.57 Å². The Kier molecular flexibility index (Phi) is 5.52. The topological polar surface area (TPSA) is 46.5 Å². The summed E-state index contributed by atoms with van der Waals surface area (Å²) in [5, 5.41) is 9.83. The number of carboxylic acids is 1. The summed E-state index contributed by atoms with van der Waals surface area (Å²) in [4.78, 5) is 11.0. The Bertz CT molecular complexity index is 892. The van der Waals surface area contributed by atoms with Crippen molar-refractivity contribution < 1.29 is 14.6 Å². The highest BCUT2D eigenvalue weighted by Crippen LogP contribution is 2.46. The van der Waals surface area contributed by atoms with Crippen molar-refractivity contribution in [3.63, 3.8) is 0 Å². The molecule has 2 aromatic carbocycles. The van der Waals surface area contributed by atoms with Crippen molar-refractivity contribution in [1.29, 1.82) is 0 Å². The second-order valence-corrected chi connectivity index (χ2v) is 9.28. The summed E-state index contributed by atoms with van der Waals surface area (Å²) < 4.78 is 7.19. The van der Waals surface area contributed by atoms with Crippen LogP contribution >= 0.6 is 27.5 Å². The maximum atomic E-state index is 11.0. The average Bonchev–Trinajstić information content (AvgIpc) is 3.07. The van der Waals surface area contributed by atoms with Crippen molar-refractivity contribution in [1.82, 2.24) is 0 Å². The standard InChI is InChI=1S/C23H22BrClO3/c24-20-10-16(11-21(25)12-20)9-15-5-7-23(8-6-15)13-19(14-28-23)17-1-3-18(4-2-17)22(26)27/h1-4,10-12,14-15H,5-9,13H2,(H,26,27). The third kappa shape index (κ3) is 4.28. The highest BCUT2D eigenvalue weighted by atomic mass is 79.9. The smallest absolute Gasteiger partial charge is 0.335 e. The van der Waals surface area contributed by atoms with E-state index in [4.69, 9.17) is 21.4 Å². The summed E-state index contributed by atoms with van der Waals surface area (Å²) in [7, 11) is 0. The molecule has 28 heavy (non-hydrogen) atoms. The lowest BCUT2D eigenvalue weighted by Crippen LogP contribution is -2.34. The Morgan fingerprint density at radius 3 is 2.54 bits per heavy atom. The first-order valence-electron chi connectivity index (χ1n) is 9.58. The lowest BCUT2D eigenvalue weighted by Gasteiger charge is -2.37. The number of hydrogen-bond donors (Lipinski definition) is 1. The van der Waals surface area contributed by atoms with E-state index in [0.717, 1.165) is 59.2 Å². The fraction of sp³-hybridized carbons (Fsp3) is 0.348. The lowest BCUT2D eigenvalue weighted by atomic mass is 9.74. The summed E-state index contributed by atoms with van der Waals surface area (Å²) >= 11 is 9.70. The monoisotopic (exact) mass is 460 g/mol. The SMILES string of the molecule is O=C(O)c1ccc(C2=COC3(CCC(Cc4cc(Cl)cc(Br)c4)CC3)C2)cc1. The molecule has 1 aliphatic heterocycles. The minimum absolute atomic E-state index is 0.0911. The van der Waals surface area contributed by atoms with Gasteiger partial charge in [0.1, 0.15) is 5.60 Å². The molecule has 1 spiro atoms. The van der Waals surface area contributed by atoms with Gasteiger partial charge < -0.3 is 9.84 Å². The highest BCUT2D eigenvalue weighted by Gasteiger charge is 2.40. The van der Waals surface area contributed by atoms with E-state index in [9.17, 15) is 4.79 Å². The molecule has 1 aliphatic carbocycles. The quantitative estimate of drug-likeness (QED) is 0.549. The Hall–Kier alpha value is -1.78. The van der Waals surface area contributed by atoms with Gasteiger partial charge in [0.2, 0.25) is 0 Å². The lowest BCUT2D eigenvalue weighted by molar-refractivity contribution is -0.00312. The van der Waals surface area contributed by atoms with E-state index < -0.39 is 5.97 Å². The zero-order valence-corrected chi connectivity index (χ0v) is 17.8. The summed E-state index contributed by atoms with van der Waals surface area (Å²) in [5.74, 6) is -0.247. The van der Waals surface area contributed by atoms with E-state index in [2.05, 4.69) is 28.1 Å². The molecule has 3 nitrogen and oxygen atoms in total. The molecule has 2 aromatic rings. The second-order valence-electron chi connectivity index (χ2n) is 7.93. The van der Waals surface area contributed by atoms with Gasteiger partial charge in [0.05, 0.1) is 11.8 Å². The molecule has 1 N–H and O–H groups in total. The van der Waals surface area contributed by atoms with Crippen LogP contribution in [0.15, 0.2) is 53.2 Å². The molecule has 0 radical (unpaired) electrons. The fourth-order valence-electron chi connectivity index (χ4n) is 4.39. The first-order valence-corrected chi connectivity index (χ1v) is 10.8. The zero-order chi connectivity index (χ0) is 19.7. The Morgan fingerprint density at radius 1 is 1.18 bits per heavy atom. The highest BCUT2D eigenvalue weighted by molar-refractivity contribution is 9.10. The number of rotatable bonds is 4. The molecule has 0 amide bonds.